The molecule has 1 saturated heterocycles. The van der Waals surface area contributed by atoms with Crippen molar-refractivity contribution >= 4 is 46.7 Å². The van der Waals surface area contributed by atoms with Gasteiger partial charge >= 0.3 is 0 Å². The topological polar surface area (TPSA) is 149 Å². The molecule has 1 atom stereocenters. The summed E-state index contributed by atoms with van der Waals surface area (Å²) in [6.45, 7) is 1.61. The smallest absolute Gasteiger partial charge is 0.295 e. The number of fused-ring (bicyclic) bond motifs is 1. The maximum atomic E-state index is 11.5. The summed E-state index contributed by atoms with van der Waals surface area (Å²) in [6.07, 6.45) is 6.12. The average molecular weight is 535 g/mol. The number of nitrogens with two attached hydrogens (primary N) is 3. The van der Waals surface area contributed by atoms with Gasteiger partial charge in [0.25, 0.3) is 5.91 Å². The number of hydrogen-bond donors (Lipinski definition) is 4. The largest absolute Gasteiger partial charge is 0.382 e. The van der Waals surface area contributed by atoms with E-state index in [4.69, 9.17) is 28.8 Å². The fraction of sp³-hybridized carbons (Fsp3) is 0.308. The number of carbonyl (C=O) groups is 1. The first-order chi connectivity index (χ1) is 17.8. The van der Waals surface area contributed by atoms with Crippen molar-refractivity contribution in [2.45, 2.75) is 35.2 Å². The van der Waals surface area contributed by atoms with E-state index in [9.17, 15) is 4.79 Å². The molecule has 11 heteroatoms. The molecule has 0 radical (unpaired) electrons. The number of rotatable bonds is 3. The van der Waals surface area contributed by atoms with Gasteiger partial charge in [0.05, 0.1) is 11.2 Å². The molecule has 1 amide bonds. The second-order valence-corrected chi connectivity index (χ2v) is 10.7. The van der Waals surface area contributed by atoms with E-state index in [1.165, 1.54) is 17.3 Å². The second kappa shape index (κ2) is 10.1. The van der Waals surface area contributed by atoms with Crippen LogP contribution in [0.25, 0.3) is 0 Å². The number of amides is 1. The summed E-state index contributed by atoms with van der Waals surface area (Å²) in [5.74, 6) is 6.55. The van der Waals surface area contributed by atoms with E-state index in [0.717, 1.165) is 54.2 Å². The molecule has 3 heterocycles. The lowest BCUT2D eigenvalue weighted by Gasteiger charge is -2.42. The van der Waals surface area contributed by atoms with Crippen molar-refractivity contribution < 1.29 is 4.79 Å². The van der Waals surface area contributed by atoms with Crippen LogP contribution in [0.5, 0.6) is 0 Å². The van der Waals surface area contributed by atoms with Gasteiger partial charge in [-0.25, -0.2) is 15.0 Å². The van der Waals surface area contributed by atoms with Crippen LogP contribution >= 0.6 is 23.4 Å². The molecule has 3 aromatic rings. The predicted molar refractivity (Wildman–Crippen MR) is 146 cm³/mol. The molecular weight excluding hydrogens is 508 g/mol. The Hall–Kier alpha value is -3.52. The lowest BCUT2D eigenvalue weighted by molar-refractivity contribution is -0.115. The van der Waals surface area contributed by atoms with Crippen LogP contribution in [0.4, 0.5) is 17.5 Å². The third-order valence-corrected chi connectivity index (χ3v) is 8.73. The summed E-state index contributed by atoms with van der Waals surface area (Å²) in [6, 6.07) is 7.76. The van der Waals surface area contributed by atoms with Gasteiger partial charge in [-0.3, -0.25) is 4.79 Å². The summed E-state index contributed by atoms with van der Waals surface area (Å²) in [4.78, 5) is 27.6. The van der Waals surface area contributed by atoms with Crippen molar-refractivity contribution in [2.75, 3.05) is 36.5 Å². The van der Waals surface area contributed by atoms with Gasteiger partial charge in [-0.1, -0.05) is 35.3 Å². The van der Waals surface area contributed by atoms with E-state index in [1.807, 2.05) is 12.1 Å². The lowest BCUT2D eigenvalue weighted by Crippen LogP contribution is -2.44. The Labute approximate surface area is 224 Å². The van der Waals surface area contributed by atoms with E-state index in [-0.39, 0.29) is 23.2 Å². The predicted octanol–water partition coefficient (Wildman–Crippen LogP) is 2.78. The molecule has 1 aliphatic carbocycles. The molecule has 2 aliphatic rings. The molecule has 190 valence electrons. The maximum Gasteiger partial charge on any atom is 0.295 e. The number of carbonyl (C=O) groups excluding carboxylic acids is 1. The van der Waals surface area contributed by atoms with E-state index in [1.54, 1.807) is 25.5 Å². The average Bonchev–Trinajstić information content (AvgIpc) is 3.17. The molecule has 9 nitrogen and oxygen atoms in total. The second-order valence-electron chi connectivity index (χ2n) is 9.28. The fourth-order valence-electron chi connectivity index (χ4n) is 5.04. The molecule has 1 aromatic carbocycles. The highest BCUT2D eigenvalue weighted by Gasteiger charge is 2.46. The van der Waals surface area contributed by atoms with E-state index >= 15 is 0 Å². The van der Waals surface area contributed by atoms with Gasteiger partial charge in [-0.05, 0) is 54.0 Å². The molecule has 1 aliphatic heterocycles. The van der Waals surface area contributed by atoms with Crippen LogP contribution in [0.15, 0.2) is 46.6 Å². The summed E-state index contributed by atoms with van der Waals surface area (Å²) in [5, 5.41) is 3.45. The third kappa shape index (κ3) is 4.90. The van der Waals surface area contributed by atoms with Gasteiger partial charge in [0.2, 0.25) is 0 Å². The Bertz CT molecular complexity index is 1430. The number of piperidine rings is 1. The highest BCUT2D eigenvalue weighted by atomic mass is 35.5. The number of nitrogen functional groups attached to an aromatic ring is 2. The minimum atomic E-state index is -0.310. The number of benzene rings is 1. The fourth-order valence-corrected chi connectivity index (χ4v) is 6.06. The van der Waals surface area contributed by atoms with Gasteiger partial charge in [0.15, 0.2) is 5.82 Å². The molecular formula is C26H27ClN8OS. The number of hydrogen-bond acceptors (Lipinski definition) is 9. The highest BCUT2D eigenvalue weighted by molar-refractivity contribution is 7.99. The Morgan fingerprint density at radius 3 is 2.73 bits per heavy atom. The molecule has 2 aromatic heterocycles. The first-order valence-electron chi connectivity index (χ1n) is 11.9. The minimum absolute atomic E-state index is 0.0154. The number of nitrogens with zero attached hydrogens (tertiary/aromatic N) is 4. The molecule has 7 N–H and O–H groups in total. The van der Waals surface area contributed by atoms with Gasteiger partial charge in [0.1, 0.15) is 16.7 Å². The summed E-state index contributed by atoms with van der Waals surface area (Å²) in [7, 11) is 1.56. The van der Waals surface area contributed by atoms with E-state index in [2.05, 4.69) is 43.1 Å². The summed E-state index contributed by atoms with van der Waals surface area (Å²) in [5.41, 5.74) is 22.0. The number of aromatic nitrogens is 3. The van der Waals surface area contributed by atoms with Crippen LogP contribution in [-0.4, -0.2) is 41.0 Å². The number of halogens is 1. The molecule has 5 rings (SSSR count). The van der Waals surface area contributed by atoms with Crippen molar-refractivity contribution in [1.29, 1.82) is 0 Å². The van der Waals surface area contributed by atoms with Gasteiger partial charge < -0.3 is 27.4 Å². The SMILES string of the molecule is CNC(=O)C#Cc1ccc2c(c1)[C@@H](N)C1(CCN(c3cnc(Sc4ccnc(N)c4Cl)c(N)n3)CC1)C2. The van der Waals surface area contributed by atoms with Crippen LogP contribution in [0.3, 0.4) is 0 Å². The Morgan fingerprint density at radius 1 is 1.22 bits per heavy atom. The van der Waals surface area contributed by atoms with Gasteiger partial charge in [-0.2, -0.15) is 0 Å². The van der Waals surface area contributed by atoms with Crippen LogP contribution in [0.1, 0.15) is 35.6 Å². The zero-order valence-corrected chi connectivity index (χ0v) is 21.9. The molecule has 1 fully saturated rings. The Kier molecular flexibility index (Phi) is 6.86. The Morgan fingerprint density at radius 2 is 2.00 bits per heavy atom. The van der Waals surface area contributed by atoms with E-state index in [0.29, 0.717) is 15.9 Å². The van der Waals surface area contributed by atoms with Crippen molar-refractivity contribution in [3.63, 3.8) is 0 Å². The quantitative estimate of drug-likeness (QED) is 0.372. The first-order valence-corrected chi connectivity index (χ1v) is 13.1. The molecule has 0 bridgehead atoms. The zero-order valence-electron chi connectivity index (χ0n) is 20.3. The van der Waals surface area contributed by atoms with Crippen LogP contribution in [0, 0.1) is 17.3 Å². The zero-order chi connectivity index (χ0) is 26.2. The number of pyridine rings is 1. The molecule has 0 saturated carbocycles. The third-order valence-electron chi connectivity index (χ3n) is 7.15. The van der Waals surface area contributed by atoms with Crippen LogP contribution in [0.2, 0.25) is 5.02 Å². The summed E-state index contributed by atoms with van der Waals surface area (Å²) >= 11 is 7.57. The molecule has 37 heavy (non-hydrogen) atoms. The monoisotopic (exact) mass is 534 g/mol. The van der Waals surface area contributed by atoms with Crippen molar-refractivity contribution in [3.8, 4) is 11.8 Å². The van der Waals surface area contributed by atoms with Crippen LogP contribution in [-0.2, 0) is 11.2 Å². The standard InChI is InChI=1S/C26H27ClN8OS/c1-31-20(36)5-3-15-2-4-16-13-26(22(28)17(16)12-15)7-10-35(11-8-26)19-14-33-25(24(30)34-19)37-18-6-9-32-23(29)21(18)27/h2,4,6,9,12,14,22H,7-8,10-11,13,28H2,1H3,(H2,29,32)(H2,30,34)(H,31,36)/t22-/m1/s1. The van der Waals surface area contributed by atoms with Crippen molar-refractivity contribution in [1.82, 2.24) is 20.3 Å². The minimum Gasteiger partial charge on any atom is -0.382 e. The number of nitrogens with one attached hydrogen (secondary N) is 1. The molecule has 1 spiro atoms. The first kappa shape index (κ1) is 25.1. The lowest BCUT2D eigenvalue weighted by atomic mass is 9.73. The van der Waals surface area contributed by atoms with E-state index < -0.39 is 0 Å². The molecule has 0 unspecified atom stereocenters. The van der Waals surface area contributed by atoms with Gasteiger partial charge in [-0.15, -0.1) is 0 Å². The van der Waals surface area contributed by atoms with Crippen molar-refractivity contribution in [3.05, 3.63) is 58.4 Å². The Balaban J connectivity index is 1.27. The van der Waals surface area contributed by atoms with Crippen LogP contribution < -0.4 is 27.4 Å². The van der Waals surface area contributed by atoms with Crippen molar-refractivity contribution in [2.24, 2.45) is 11.1 Å². The summed E-state index contributed by atoms with van der Waals surface area (Å²) < 4.78 is 0. The normalized spacial score (nSPS) is 17.7. The maximum absolute atomic E-state index is 11.5. The number of anilines is 3. The highest BCUT2D eigenvalue weighted by Crippen LogP contribution is 2.51. The van der Waals surface area contributed by atoms with Gasteiger partial charge in [0, 0.05) is 48.8 Å².